The lowest BCUT2D eigenvalue weighted by Crippen LogP contribution is -2.03. The van der Waals surface area contributed by atoms with E-state index < -0.39 is 0 Å². The average molecular weight is 637 g/mol. The van der Waals surface area contributed by atoms with Crippen molar-refractivity contribution in [3.05, 3.63) is 170 Å². The molecule has 0 fully saturated rings. The van der Waals surface area contributed by atoms with E-state index in [9.17, 15) is 0 Å². The van der Waals surface area contributed by atoms with Crippen LogP contribution in [0.15, 0.2) is 170 Å². The van der Waals surface area contributed by atoms with Gasteiger partial charge in [0.15, 0.2) is 5.82 Å². The number of rotatable bonds is 3. The maximum Gasteiger partial charge on any atom is 0.165 e. The Morgan fingerprint density at radius 1 is 0.360 bits per heavy atom. The third kappa shape index (κ3) is 3.81. The van der Waals surface area contributed by atoms with E-state index in [1.54, 1.807) is 0 Å². The quantitative estimate of drug-likeness (QED) is 0.193. The van der Waals surface area contributed by atoms with Crippen LogP contribution < -0.4 is 0 Å². The van der Waals surface area contributed by atoms with E-state index in [4.69, 9.17) is 9.97 Å². The molecule has 3 heterocycles. The first-order chi connectivity index (χ1) is 24.8. The van der Waals surface area contributed by atoms with E-state index in [0.29, 0.717) is 0 Å². The van der Waals surface area contributed by atoms with Crippen molar-refractivity contribution in [2.45, 2.75) is 0 Å². The van der Waals surface area contributed by atoms with Gasteiger partial charge in [-0.05, 0) is 76.1 Å². The van der Waals surface area contributed by atoms with E-state index in [0.717, 1.165) is 50.3 Å². The smallest absolute Gasteiger partial charge is 0.165 e. The Bertz CT molecular complexity index is 3060. The molecule has 0 bridgehead atoms. The molecule has 0 aliphatic carbocycles. The van der Waals surface area contributed by atoms with E-state index in [1.165, 1.54) is 48.6 Å². The lowest BCUT2D eigenvalue weighted by Gasteiger charge is -2.14. The predicted molar refractivity (Wildman–Crippen MR) is 209 cm³/mol. The van der Waals surface area contributed by atoms with Gasteiger partial charge in [0.1, 0.15) is 5.69 Å². The van der Waals surface area contributed by atoms with Gasteiger partial charge in [-0.25, -0.2) is 9.97 Å². The Hall–Kier alpha value is -6.78. The fourth-order valence-corrected chi connectivity index (χ4v) is 8.09. The van der Waals surface area contributed by atoms with Crippen LogP contribution in [0.1, 0.15) is 0 Å². The fraction of sp³-hybridized carbons (Fsp3) is 0. The summed E-state index contributed by atoms with van der Waals surface area (Å²) in [5.74, 6) is 0.820. The van der Waals surface area contributed by atoms with Crippen LogP contribution in [-0.2, 0) is 0 Å². The van der Waals surface area contributed by atoms with E-state index >= 15 is 0 Å². The third-order valence-electron chi connectivity index (χ3n) is 10.3. The zero-order valence-corrected chi connectivity index (χ0v) is 27.0. The molecule has 0 N–H and O–H groups in total. The van der Waals surface area contributed by atoms with Gasteiger partial charge in [0.25, 0.3) is 0 Å². The van der Waals surface area contributed by atoms with Crippen LogP contribution in [0.5, 0.6) is 0 Å². The first kappa shape index (κ1) is 27.2. The monoisotopic (exact) mass is 636 g/mol. The zero-order valence-electron chi connectivity index (χ0n) is 27.0. The summed E-state index contributed by atoms with van der Waals surface area (Å²) in [4.78, 5) is 10.8. The van der Waals surface area contributed by atoms with Crippen LogP contribution in [0, 0.1) is 0 Å². The van der Waals surface area contributed by atoms with Crippen LogP contribution in [0.4, 0.5) is 0 Å². The number of aromatic nitrogens is 4. The second kappa shape index (κ2) is 10.4. The van der Waals surface area contributed by atoms with Crippen LogP contribution in [-0.4, -0.2) is 19.1 Å². The van der Waals surface area contributed by atoms with Gasteiger partial charge in [-0.1, -0.05) is 115 Å². The van der Waals surface area contributed by atoms with Gasteiger partial charge < -0.3 is 4.57 Å². The molecule has 4 nitrogen and oxygen atoms in total. The van der Waals surface area contributed by atoms with Gasteiger partial charge in [-0.3, -0.25) is 4.57 Å². The standard InChI is InChI=1S/C46H28N4/c1-2-14-32(15-3-1)49-39-21-11-8-18-35(39)36-28-31(24-25-40(36)49)45-46(48-38-20-10-9-19-37(38)47-45)50-41-26-22-29-12-4-6-16-33(29)43(41)44-34-17-7-5-13-30(34)23-27-42(44)50/h1-28H. The highest BCUT2D eigenvalue weighted by molar-refractivity contribution is 6.28. The first-order valence-corrected chi connectivity index (χ1v) is 17.0. The van der Waals surface area contributed by atoms with Crippen LogP contribution in [0.2, 0.25) is 0 Å². The molecule has 0 saturated carbocycles. The molecule has 50 heavy (non-hydrogen) atoms. The van der Waals surface area contributed by atoms with Crippen LogP contribution >= 0.6 is 0 Å². The van der Waals surface area contributed by atoms with E-state index in [-0.39, 0.29) is 0 Å². The van der Waals surface area contributed by atoms with Crippen molar-refractivity contribution < 1.29 is 0 Å². The highest BCUT2D eigenvalue weighted by Crippen LogP contribution is 2.42. The molecule has 0 aliphatic heterocycles. The number of hydrogen-bond acceptors (Lipinski definition) is 2. The number of para-hydroxylation sites is 4. The Balaban J connectivity index is 1.27. The maximum atomic E-state index is 5.44. The minimum atomic E-state index is 0.820. The minimum absolute atomic E-state index is 0.820. The zero-order chi connectivity index (χ0) is 32.8. The third-order valence-corrected chi connectivity index (χ3v) is 10.3. The normalized spacial score (nSPS) is 12.0. The molecule has 232 valence electrons. The van der Waals surface area contributed by atoms with Gasteiger partial charge >= 0.3 is 0 Å². The Kier molecular flexibility index (Phi) is 5.63. The summed E-state index contributed by atoms with van der Waals surface area (Å²) in [5, 5.41) is 9.76. The molecular formula is C46H28N4. The molecule has 11 aromatic rings. The van der Waals surface area contributed by atoms with Crippen molar-refractivity contribution in [2.75, 3.05) is 0 Å². The highest BCUT2D eigenvalue weighted by Gasteiger charge is 2.22. The maximum absolute atomic E-state index is 5.44. The van der Waals surface area contributed by atoms with Crippen molar-refractivity contribution in [1.82, 2.24) is 19.1 Å². The lowest BCUT2D eigenvalue weighted by molar-refractivity contribution is 1.08. The topological polar surface area (TPSA) is 35.6 Å². The van der Waals surface area contributed by atoms with Gasteiger partial charge in [-0.15, -0.1) is 0 Å². The highest BCUT2D eigenvalue weighted by atomic mass is 15.1. The summed E-state index contributed by atoms with van der Waals surface area (Å²) in [6, 6.07) is 60.6. The molecule has 3 aromatic heterocycles. The average Bonchev–Trinajstić information content (AvgIpc) is 3.71. The summed E-state index contributed by atoms with van der Waals surface area (Å²) in [6.45, 7) is 0. The van der Waals surface area contributed by atoms with Crippen LogP contribution in [0.3, 0.4) is 0 Å². The van der Waals surface area contributed by atoms with Crippen LogP contribution in [0.25, 0.3) is 99.0 Å². The van der Waals surface area contributed by atoms with E-state index in [2.05, 4.69) is 167 Å². The molecule has 0 atom stereocenters. The molecular weight excluding hydrogens is 609 g/mol. The van der Waals surface area contributed by atoms with Gasteiger partial charge in [0.2, 0.25) is 0 Å². The molecule has 0 spiro atoms. The molecule has 0 unspecified atom stereocenters. The molecule has 0 radical (unpaired) electrons. The number of nitrogens with zero attached hydrogens (tertiary/aromatic N) is 4. The lowest BCUT2D eigenvalue weighted by atomic mass is 10.00. The Labute approximate surface area is 287 Å². The molecule has 8 aromatic carbocycles. The SMILES string of the molecule is c1ccc(-n2c3ccccc3c3cc(-c4nc5ccccc5nc4-n4c5ccc6ccccc6c5c5c6ccccc6ccc54)ccc32)cc1. The van der Waals surface area contributed by atoms with Gasteiger partial charge in [-0.2, -0.15) is 0 Å². The number of fused-ring (bicyclic) bond motifs is 11. The van der Waals surface area contributed by atoms with Gasteiger partial charge in [0, 0.05) is 32.8 Å². The second-order valence-corrected chi connectivity index (χ2v) is 13.0. The number of benzene rings is 8. The number of hydrogen-bond donors (Lipinski definition) is 0. The molecule has 0 saturated heterocycles. The summed E-state index contributed by atoms with van der Waals surface area (Å²) in [7, 11) is 0. The Morgan fingerprint density at radius 2 is 0.900 bits per heavy atom. The predicted octanol–water partition coefficient (Wildman–Crippen LogP) is 11.8. The van der Waals surface area contributed by atoms with Crippen molar-refractivity contribution in [1.29, 1.82) is 0 Å². The minimum Gasteiger partial charge on any atom is -0.309 e. The largest absolute Gasteiger partial charge is 0.309 e. The second-order valence-electron chi connectivity index (χ2n) is 13.0. The summed E-state index contributed by atoms with van der Waals surface area (Å²) in [5.41, 5.74) is 9.32. The first-order valence-electron chi connectivity index (χ1n) is 17.0. The van der Waals surface area contributed by atoms with E-state index in [1.807, 2.05) is 12.1 Å². The van der Waals surface area contributed by atoms with Crippen molar-refractivity contribution >= 4 is 76.2 Å². The summed E-state index contributed by atoms with van der Waals surface area (Å²) >= 11 is 0. The summed E-state index contributed by atoms with van der Waals surface area (Å²) in [6.07, 6.45) is 0. The molecule has 4 heteroatoms. The van der Waals surface area contributed by atoms with Gasteiger partial charge in [0.05, 0.1) is 33.1 Å². The molecule has 0 aliphatic rings. The fourth-order valence-electron chi connectivity index (χ4n) is 8.09. The summed E-state index contributed by atoms with van der Waals surface area (Å²) < 4.78 is 4.69. The van der Waals surface area contributed by atoms with Crippen molar-refractivity contribution in [2.24, 2.45) is 0 Å². The molecule has 11 rings (SSSR count). The molecule has 0 amide bonds. The van der Waals surface area contributed by atoms with Crippen molar-refractivity contribution in [3.8, 4) is 22.8 Å². The van der Waals surface area contributed by atoms with Crippen molar-refractivity contribution in [3.63, 3.8) is 0 Å². The Morgan fingerprint density at radius 3 is 1.60 bits per heavy atom.